The van der Waals surface area contributed by atoms with E-state index in [4.69, 9.17) is 18.9 Å². The Bertz CT molecular complexity index is 573. The van der Waals surface area contributed by atoms with Crippen LogP contribution in [0, 0.1) is 0 Å². The van der Waals surface area contributed by atoms with Gasteiger partial charge in [0.25, 0.3) is 0 Å². The summed E-state index contributed by atoms with van der Waals surface area (Å²) in [6, 6.07) is 0. The van der Waals surface area contributed by atoms with Gasteiger partial charge in [-0.1, -0.05) is 79.1 Å². The molecule has 0 aromatic rings. The van der Waals surface area contributed by atoms with Crippen LogP contribution < -0.4 is 0 Å². The largest absolute Gasteiger partial charge is 0.463 e. The fourth-order valence-electron chi connectivity index (χ4n) is 2.50. The minimum absolute atomic E-state index is 0.393. The number of ether oxygens (including phenoxy) is 4. The zero-order valence-corrected chi connectivity index (χ0v) is 22.9. The molecule has 0 aromatic carbocycles. The predicted octanol–water partition coefficient (Wildman–Crippen LogP) is 6.02. The maximum Gasteiger partial charge on any atom is 0.331 e. The third kappa shape index (κ3) is 29.4. The Morgan fingerprint density at radius 3 is 0.889 bits per heavy atom. The molecule has 0 rings (SSSR count). The molecule has 36 heavy (non-hydrogen) atoms. The standard InChI is InChI=1S/C16H28O4.C12H20O4/c1-3-5-7-9-13-19-15(17)11-12-16(18)20-14-10-8-6-4-2;1-3-5-9-15-11(13)7-8-12(14)16-10-6-4-2/h11-12H,3-10,13-14H2,1-2H3;7-8H,3-6,9-10H2,1-2H3. The second kappa shape index (κ2) is 28.6. The molecule has 0 aromatic heterocycles. The molecule has 208 valence electrons. The van der Waals surface area contributed by atoms with Crippen LogP contribution >= 0.6 is 0 Å². The summed E-state index contributed by atoms with van der Waals surface area (Å²) in [5.74, 6) is -1.96. The van der Waals surface area contributed by atoms with Crippen molar-refractivity contribution in [3.05, 3.63) is 24.3 Å². The topological polar surface area (TPSA) is 105 Å². The molecule has 0 heterocycles. The highest BCUT2D eigenvalue weighted by atomic mass is 16.5. The lowest BCUT2D eigenvalue weighted by atomic mass is 10.2. The molecular weight excluding hydrogens is 464 g/mol. The van der Waals surface area contributed by atoms with E-state index < -0.39 is 23.9 Å². The van der Waals surface area contributed by atoms with Crippen LogP contribution in [0.25, 0.3) is 0 Å². The summed E-state index contributed by atoms with van der Waals surface area (Å²) in [5.41, 5.74) is 0. The van der Waals surface area contributed by atoms with Gasteiger partial charge in [0.1, 0.15) is 0 Å². The van der Waals surface area contributed by atoms with Crippen molar-refractivity contribution in [3.63, 3.8) is 0 Å². The van der Waals surface area contributed by atoms with Crippen molar-refractivity contribution in [2.24, 2.45) is 0 Å². The van der Waals surface area contributed by atoms with Gasteiger partial charge in [0.05, 0.1) is 26.4 Å². The summed E-state index contributed by atoms with van der Waals surface area (Å²) >= 11 is 0. The Morgan fingerprint density at radius 1 is 0.389 bits per heavy atom. The smallest absolute Gasteiger partial charge is 0.331 e. The van der Waals surface area contributed by atoms with Crippen LogP contribution in [0.5, 0.6) is 0 Å². The molecule has 0 radical (unpaired) electrons. The molecule has 0 saturated carbocycles. The van der Waals surface area contributed by atoms with Crippen molar-refractivity contribution in [2.75, 3.05) is 26.4 Å². The summed E-state index contributed by atoms with van der Waals surface area (Å²) in [7, 11) is 0. The molecule has 8 nitrogen and oxygen atoms in total. The van der Waals surface area contributed by atoms with Crippen molar-refractivity contribution in [1.82, 2.24) is 0 Å². The van der Waals surface area contributed by atoms with Gasteiger partial charge in [0.2, 0.25) is 0 Å². The van der Waals surface area contributed by atoms with Crippen LogP contribution in [-0.2, 0) is 38.1 Å². The minimum atomic E-state index is -0.499. The first-order valence-electron chi connectivity index (χ1n) is 13.4. The van der Waals surface area contributed by atoms with Crippen molar-refractivity contribution >= 4 is 23.9 Å². The van der Waals surface area contributed by atoms with Crippen LogP contribution in [0.2, 0.25) is 0 Å². The highest BCUT2D eigenvalue weighted by Gasteiger charge is 2.02. The van der Waals surface area contributed by atoms with E-state index in [1.807, 2.05) is 13.8 Å². The van der Waals surface area contributed by atoms with Gasteiger partial charge in [0, 0.05) is 24.3 Å². The average Bonchev–Trinajstić information content (AvgIpc) is 2.86. The number of carbonyl (C=O) groups is 4. The quantitative estimate of drug-likeness (QED) is 0.0844. The summed E-state index contributed by atoms with van der Waals surface area (Å²) in [4.78, 5) is 44.6. The van der Waals surface area contributed by atoms with Crippen molar-refractivity contribution in [2.45, 2.75) is 105 Å². The number of unbranched alkanes of at least 4 members (excludes halogenated alkanes) is 8. The van der Waals surface area contributed by atoms with Gasteiger partial charge in [-0.2, -0.15) is 0 Å². The van der Waals surface area contributed by atoms with Gasteiger partial charge >= 0.3 is 23.9 Å². The molecule has 0 N–H and O–H groups in total. The number of hydrogen-bond donors (Lipinski definition) is 0. The van der Waals surface area contributed by atoms with Gasteiger partial charge in [0.15, 0.2) is 0 Å². The Morgan fingerprint density at radius 2 is 0.639 bits per heavy atom. The number of carbonyl (C=O) groups excluding carboxylic acids is 4. The van der Waals surface area contributed by atoms with Gasteiger partial charge in [-0.25, -0.2) is 19.2 Å². The molecule has 0 amide bonds. The van der Waals surface area contributed by atoms with Gasteiger partial charge in [-0.3, -0.25) is 0 Å². The normalized spacial score (nSPS) is 10.6. The molecule has 0 spiro atoms. The second-order valence-electron chi connectivity index (χ2n) is 8.17. The highest BCUT2D eigenvalue weighted by molar-refractivity contribution is 5.92. The van der Waals surface area contributed by atoms with E-state index in [0.717, 1.165) is 101 Å². The van der Waals surface area contributed by atoms with E-state index >= 15 is 0 Å². The number of rotatable bonds is 20. The maximum atomic E-state index is 11.3. The summed E-state index contributed by atoms with van der Waals surface area (Å²) in [5, 5.41) is 0. The third-order valence-corrected chi connectivity index (χ3v) is 4.68. The minimum Gasteiger partial charge on any atom is -0.463 e. The van der Waals surface area contributed by atoms with Gasteiger partial charge in [-0.15, -0.1) is 0 Å². The lowest BCUT2D eigenvalue weighted by molar-refractivity contribution is -0.140. The highest BCUT2D eigenvalue weighted by Crippen LogP contribution is 2.00. The molecule has 0 bridgehead atoms. The fraction of sp³-hybridized carbons (Fsp3) is 0.714. The molecule has 0 aliphatic rings. The second-order valence-corrected chi connectivity index (χ2v) is 8.17. The molecule has 0 saturated heterocycles. The monoisotopic (exact) mass is 512 g/mol. The van der Waals surface area contributed by atoms with Crippen molar-refractivity contribution < 1.29 is 38.1 Å². The average molecular weight is 513 g/mol. The first kappa shape index (κ1) is 35.5. The fourth-order valence-corrected chi connectivity index (χ4v) is 2.50. The molecule has 0 fully saturated rings. The lowest BCUT2D eigenvalue weighted by Gasteiger charge is -2.02. The zero-order valence-electron chi connectivity index (χ0n) is 22.9. The molecule has 0 unspecified atom stereocenters. The first-order valence-corrected chi connectivity index (χ1v) is 13.4. The van der Waals surface area contributed by atoms with Crippen molar-refractivity contribution in [1.29, 1.82) is 0 Å². The van der Waals surface area contributed by atoms with Crippen molar-refractivity contribution in [3.8, 4) is 0 Å². The van der Waals surface area contributed by atoms with Crippen LogP contribution in [0.15, 0.2) is 24.3 Å². The molecule has 0 atom stereocenters. The van der Waals surface area contributed by atoms with Gasteiger partial charge in [-0.05, 0) is 25.7 Å². The Hall–Kier alpha value is -2.64. The van der Waals surface area contributed by atoms with E-state index in [2.05, 4.69) is 13.8 Å². The van der Waals surface area contributed by atoms with E-state index in [9.17, 15) is 19.2 Å². The first-order chi connectivity index (χ1) is 17.4. The Labute approximate surface area is 217 Å². The van der Waals surface area contributed by atoms with Gasteiger partial charge < -0.3 is 18.9 Å². The van der Waals surface area contributed by atoms with Crippen LogP contribution in [0.1, 0.15) is 105 Å². The lowest BCUT2D eigenvalue weighted by Crippen LogP contribution is -2.06. The predicted molar refractivity (Wildman–Crippen MR) is 140 cm³/mol. The zero-order chi connectivity index (χ0) is 27.3. The third-order valence-electron chi connectivity index (χ3n) is 4.68. The van der Waals surface area contributed by atoms with Crippen LogP contribution in [0.3, 0.4) is 0 Å². The molecule has 0 aliphatic heterocycles. The molecular formula is C28H48O8. The maximum absolute atomic E-state index is 11.3. The van der Waals surface area contributed by atoms with E-state index in [1.165, 1.54) is 0 Å². The van der Waals surface area contributed by atoms with E-state index in [-0.39, 0.29) is 0 Å². The Balaban J connectivity index is 0. The number of esters is 4. The summed E-state index contributed by atoms with van der Waals surface area (Å²) < 4.78 is 19.6. The molecule has 8 heteroatoms. The number of hydrogen-bond acceptors (Lipinski definition) is 8. The van der Waals surface area contributed by atoms with Crippen LogP contribution in [0.4, 0.5) is 0 Å². The Kier molecular flexibility index (Phi) is 28.2. The van der Waals surface area contributed by atoms with E-state index in [0.29, 0.717) is 26.4 Å². The van der Waals surface area contributed by atoms with Crippen LogP contribution in [-0.4, -0.2) is 50.3 Å². The van der Waals surface area contributed by atoms with E-state index in [1.54, 1.807) is 0 Å². The summed E-state index contributed by atoms with van der Waals surface area (Å²) in [6.45, 7) is 9.88. The SMILES string of the molecule is CCCCCCOC(=O)C=CC(=O)OCCCCCC.CCCCOC(=O)C=CC(=O)OCCCC. The molecule has 0 aliphatic carbocycles. The summed E-state index contributed by atoms with van der Waals surface area (Å²) in [6.07, 6.45) is 16.5.